The number of aromatic nitrogens is 4. The smallest absolute Gasteiger partial charge is 0.256 e. The quantitative estimate of drug-likeness (QED) is 0.417. The van der Waals surface area contributed by atoms with E-state index in [1.807, 2.05) is 6.07 Å². The molecule has 10 heteroatoms. The maximum absolute atomic E-state index is 14.2. The van der Waals surface area contributed by atoms with Gasteiger partial charge in [-0.25, -0.2) is 23.7 Å². The lowest BCUT2D eigenvalue weighted by Gasteiger charge is -2.34. The third-order valence-electron chi connectivity index (χ3n) is 5.29. The van der Waals surface area contributed by atoms with Gasteiger partial charge >= 0.3 is 0 Å². The molecule has 5 rings (SSSR count). The highest BCUT2D eigenvalue weighted by Gasteiger charge is 2.36. The van der Waals surface area contributed by atoms with Crippen molar-refractivity contribution < 1.29 is 13.6 Å². The highest BCUT2D eigenvalue weighted by Crippen LogP contribution is 2.22. The number of alkyl halides is 1. The Hall–Kier alpha value is -4.05. The van der Waals surface area contributed by atoms with Gasteiger partial charge in [0, 0.05) is 36.3 Å². The van der Waals surface area contributed by atoms with Crippen molar-refractivity contribution in [1.82, 2.24) is 25.3 Å². The predicted molar refractivity (Wildman–Crippen MR) is 120 cm³/mol. The van der Waals surface area contributed by atoms with E-state index in [1.165, 1.54) is 30.5 Å². The van der Waals surface area contributed by atoms with Gasteiger partial charge in [0.15, 0.2) is 5.67 Å². The van der Waals surface area contributed by atoms with E-state index in [1.54, 1.807) is 24.5 Å². The van der Waals surface area contributed by atoms with Gasteiger partial charge in [-0.3, -0.25) is 9.78 Å². The monoisotopic (exact) mass is 447 g/mol. The Labute approximate surface area is 187 Å². The van der Waals surface area contributed by atoms with Crippen molar-refractivity contribution in [2.24, 2.45) is 0 Å². The van der Waals surface area contributed by atoms with Crippen LogP contribution in [0.25, 0.3) is 22.3 Å². The number of carbonyl (C=O) groups excluding carboxylic acids is 1. The average molecular weight is 447 g/mol. The van der Waals surface area contributed by atoms with Gasteiger partial charge in [-0.1, -0.05) is 0 Å². The fourth-order valence-corrected chi connectivity index (χ4v) is 3.36. The van der Waals surface area contributed by atoms with Crippen LogP contribution in [0.15, 0.2) is 61.1 Å². The lowest BCUT2D eigenvalue weighted by atomic mass is 10.00. The first-order valence-electron chi connectivity index (χ1n) is 10.3. The molecule has 1 aromatic carbocycles. The van der Waals surface area contributed by atoms with E-state index in [-0.39, 0.29) is 6.54 Å². The van der Waals surface area contributed by atoms with E-state index < -0.39 is 17.4 Å². The number of anilines is 2. The van der Waals surface area contributed by atoms with Crippen molar-refractivity contribution in [2.45, 2.75) is 5.67 Å². The molecule has 3 aromatic heterocycles. The van der Waals surface area contributed by atoms with Crippen LogP contribution < -0.4 is 16.0 Å². The predicted octanol–water partition coefficient (Wildman–Crippen LogP) is 3.20. The van der Waals surface area contributed by atoms with Crippen LogP contribution in [0.2, 0.25) is 0 Å². The second-order valence-electron chi connectivity index (χ2n) is 7.82. The van der Waals surface area contributed by atoms with Crippen LogP contribution >= 0.6 is 0 Å². The van der Waals surface area contributed by atoms with Crippen molar-refractivity contribution in [3.05, 3.63) is 72.4 Å². The van der Waals surface area contributed by atoms with Crippen LogP contribution in [0, 0.1) is 5.82 Å². The number of halogens is 2. The lowest BCUT2D eigenvalue weighted by molar-refractivity contribution is 0.102. The fraction of sp³-hybridized carbons (Fsp3) is 0.174. The number of rotatable bonds is 6. The third-order valence-corrected chi connectivity index (χ3v) is 5.29. The van der Waals surface area contributed by atoms with E-state index in [9.17, 15) is 13.6 Å². The summed E-state index contributed by atoms with van der Waals surface area (Å²) in [6.07, 6.45) is 4.71. The molecule has 0 aliphatic carbocycles. The summed E-state index contributed by atoms with van der Waals surface area (Å²) in [6.45, 7) is 0.771. The molecule has 33 heavy (non-hydrogen) atoms. The van der Waals surface area contributed by atoms with Crippen molar-refractivity contribution in [1.29, 1.82) is 0 Å². The number of fused-ring (bicyclic) bond motifs is 1. The van der Waals surface area contributed by atoms with Gasteiger partial charge in [0.25, 0.3) is 5.91 Å². The number of amides is 1. The number of nitrogens with zero attached hydrogens (tertiary/aromatic N) is 4. The second-order valence-corrected chi connectivity index (χ2v) is 7.82. The first kappa shape index (κ1) is 20.8. The summed E-state index contributed by atoms with van der Waals surface area (Å²) in [5.74, 6) is -0.0562. The largest absolute Gasteiger partial charge is 0.365 e. The molecule has 0 unspecified atom stereocenters. The Kier molecular flexibility index (Phi) is 5.35. The zero-order valence-electron chi connectivity index (χ0n) is 17.3. The fourth-order valence-electron chi connectivity index (χ4n) is 3.36. The molecule has 166 valence electrons. The molecule has 1 amide bonds. The summed E-state index contributed by atoms with van der Waals surface area (Å²) in [5.41, 5.74) is 0.726. The highest BCUT2D eigenvalue weighted by atomic mass is 19.1. The van der Waals surface area contributed by atoms with E-state index in [0.29, 0.717) is 47.2 Å². The summed E-state index contributed by atoms with van der Waals surface area (Å²) in [4.78, 5) is 29.9. The maximum Gasteiger partial charge on any atom is 0.256 e. The van der Waals surface area contributed by atoms with E-state index in [2.05, 4.69) is 35.9 Å². The Morgan fingerprint density at radius 3 is 2.58 bits per heavy atom. The molecule has 8 nitrogen and oxygen atoms in total. The van der Waals surface area contributed by atoms with Crippen LogP contribution in [0.3, 0.4) is 0 Å². The minimum Gasteiger partial charge on any atom is -0.365 e. The van der Waals surface area contributed by atoms with Crippen molar-refractivity contribution in [3.8, 4) is 11.4 Å². The number of nitrogens with one attached hydrogen (secondary N) is 3. The molecule has 1 aliphatic rings. The number of hydrogen-bond donors (Lipinski definition) is 3. The van der Waals surface area contributed by atoms with Gasteiger partial charge < -0.3 is 16.0 Å². The zero-order chi connectivity index (χ0) is 22.8. The summed E-state index contributed by atoms with van der Waals surface area (Å²) in [5, 5.41) is 9.36. The Balaban J connectivity index is 1.36. The second kappa shape index (κ2) is 8.47. The molecule has 3 N–H and O–H groups in total. The van der Waals surface area contributed by atoms with Gasteiger partial charge in [-0.05, 0) is 36.4 Å². The Bertz CT molecular complexity index is 1330. The minimum absolute atomic E-state index is 0.145. The Morgan fingerprint density at radius 1 is 1.00 bits per heavy atom. The summed E-state index contributed by atoms with van der Waals surface area (Å²) < 4.78 is 27.3. The summed E-state index contributed by atoms with van der Waals surface area (Å²) in [7, 11) is 0. The summed E-state index contributed by atoms with van der Waals surface area (Å²) in [6, 6.07) is 10.5. The molecular formula is C23H19F2N7O. The number of carbonyl (C=O) groups is 1. The van der Waals surface area contributed by atoms with Crippen LogP contribution in [-0.2, 0) is 0 Å². The van der Waals surface area contributed by atoms with Crippen molar-refractivity contribution in [3.63, 3.8) is 0 Å². The van der Waals surface area contributed by atoms with Crippen LogP contribution in [0.1, 0.15) is 10.4 Å². The van der Waals surface area contributed by atoms with E-state index >= 15 is 0 Å². The first-order chi connectivity index (χ1) is 16.0. The van der Waals surface area contributed by atoms with Gasteiger partial charge in [0.2, 0.25) is 0 Å². The molecule has 4 aromatic rings. The number of hydrogen-bond acceptors (Lipinski definition) is 7. The highest BCUT2D eigenvalue weighted by molar-refractivity contribution is 6.04. The standard InChI is InChI=1S/C23H19F2N7O/c24-16-4-1-14(2-5-16)22(33)32-20-7-18-15(8-28-20)3-6-17(30-18)19-9-26-10-21(31-19)29-13-23(25)11-27-12-23/h1-10,27H,11-13H2,(H,29,31)(H,28,32,33). The molecule has 0 saturated carbocycles. The van der Waals surface area contributed by atoms with Crippen molar-refractivity contribution in [2.75, 3.05) is 30.3 Å². The maximum atomic E-state index is 14.2. The van der Waals surface area contributed by atoms with Crippen molar-refractivity contribution >= 4 is 28.4 Å². The lowest BCUT2D eigenvalue weighted by Crippen LogP contribution is -2.59. The van der Waals surface area contributed by atoms with E-state index in [4.69, 9.17) is 0 Å². The average Bonchev–Trinajstić information content (AvgIpc) is 2.81. The van der Waals surface area contributed by atoms with Gasteiger partial charge in [0.05, 0.1) is 30.1 Å². The van der Waals surface area contributed by atoms with Gasteiger partial charge in [-0.2, -0.15) is 0 Å². The molecule has 1 fully saturated rings. The molecule has 4 heterocycles. The minimum atomic E-state index is -1.28. The molecule has 0 atom stereocenters. The Morgan fingerprint density at radius 2 is 1.82 bits per heavy atom. The molecule has 0 bridgehead atoms. The van der Waals surface area contributed by atoms with Crippen LogP contribution in [0.5, 0.6) is 0 Å². The normalized spacial score (nSPS) is 14.5. The number of benzene rings is 1. The zero-order valence-corrected chi connectivity index (χ0v) is 17.3. The third kappa shape index (κ3) is 4.60. The summed E-state index contributed by atoms with van der Waals surface area (Å²) >= 11 is 0. The molecule has 1 aliphatic heterocycles. The number of pyridine rings is 2. The van der Waals surface area contributed by atoms with E-state index in [0.717, 1.165) is 5.39 Å². The van der Waals surface area contributed by atoms with Crippen LogP contribution in [-0.4, -0.2) is 51.1 Å². The van der Waals surface area contributed by atoms with Gasteiger partial charge in [0.1, 0.15) is 23.1 Å². The molecule has 0 radical (unpaired) electrons. The SMILES string of the molecule is O=C(Nc1cc2nc(-c3cncc(NCC4(F)CNC4)n3)ccc2cn1)c1ccc(F)cc1. The molecule has 1 saturated heterocycles. The first-order valence-corrected chi connectivity index (χ1v) is 10.3. The van der Waals surface area contributed by atoms with Crippen LogP contribution in [0.4, 0.5) is 20.4 Å². The van der Waals surface area contributed by atoms with Gasteiger partial charge in [-0.15, -0.1) is 0 Å². The topological polar surface area (TPSA) is 105 Å². The molecular weight excluding hydrogens is 428 g/mol. The molecule has 0 spiro atoms.